The van der Waals surface area contributed by atoms with Gasteiger partial charge in [-0.05, 0) is 71.9 Å². The molecular formula is C35H42N2O5. The second-order valence-electron chi connectivity index (χ2n) is 11.8. The van der Waals surface area contributed by atoms with Crippen molar-refractivity contribution in [3.63, 3.8) is 0 Å². The van der Waals surface area contributed by atoms with E-state index in [1.165, 1.54) is 11.1 Å². The molecule has 2 N–H and O–H groups in total. The molecule has 1 amide bonds. The van der Waals surface area contributed by atoms with Crippen LogP contribution in [0.15, 0.2) is 78.9 Å². The number of hydrazine groups is 1. The van der Waals surface area contributed by atoms with E-state index in [0.717, 1.165) is 48.2 Å². The average molecular weight is 571 g/mol. The van der Waals surface area contributed by atoms with Crippen LogP contribution in [0, 0.1) is 5.92 Å². The van der Waals surface area contributed by atoms with Gasteiger partial charge < -0.3 is 14.6 Å². The lowest BCUT2D eigenvalue weighted by molar-refractivity contribution is -0.137. The van der Waals surface area contributed by atoms with Crippen LogP contribution >= 0.6 is 0 Å². The molecule has 1 unspecified atom stereocenters. The van der Waals surface area contributed by atoms with Crippen LogP contribution in [0.4, 0.5) is 10.5 Å². The fourth-order valence-electron chi connectivity index (χ4n) is 4.90. The van der Waals surface area contributed by atoms with E-state index in [9.17, 15) is 9.59 Å². The van der Waals surface area contributed by atoms with E-state index in [1.54, 1.807) is 5.01 Å². The van der Waals surface area contributed by atoms with Gasteiger partial charge in [0.2, 0.25) is 0 Å². The predicted octanol–water partition coefficient (Wildman–Crippen LogP) is 7.89. The van der Waals surface area contributed by atoms with Gasteiger partial charge >= 0.3 is 12.1 Å². The molecule has 1 atom stereocenters. The lowest BCUT2D eigenvalue weighted by Crippen LogP contribution is -2.32. The molecule has 1 saturated heterocycles. The van der Waals surface area contributed by atoms with Gasteiger partial charge in [0.1, 0.15) is 12.4 Å². The van der Waals surface area contributed by atoms with Crippen molar-refractivity contribution in [2.45, 2.75) is 71.3 Å². The Morgan fingerprint density at radius 3 is 2.38 bits per heavy atom. The first kappa shape index (κ1) is 30.7. The number of hydrogen-bond donors (Lipinski definition) is 2. The first-order chi connectivity index (χ1) is 20.2. The fourth-order valence-corrected chi connectivity index (χ4v) is 4.90. The minimum atomic E-state index is -0.749. The Morgan fingerprint density at radius 1 is 1.00 bits per heavy atom. The molecule has 3 aromatic carbocycles. The third kappa shape index (κ3) is 9.40. The fraction of sp³-hybridized carbons (Fsp3) is 0.371. The number of rotatable bonds is 14. The van der Waals surface area contributed by atoms with Gasteiger partial charge in [-0.1, -0.05) is 93.9 Å². The summed E-state index contributed by atoms with van der Waals surface area (Å²) in [6, 6.07) is 24.8. The summed E-state index contributed by atoms with van der Waals surface area (Å²) in [4.78, 5) is 22.3. The summed E-state index contributed by atoms with van der Waals surface area (Å²) in [5.41, 5.74) is 8.30. The predicted molar refractivity (Wildman–Crippen MR) is 166 cm³/mol. The number of aliphatic carboxylic acids is 1. The molecule has 0 aliphatic carbocycles. The van der Waals surface area contributed by atoms with Gasteiger partial charge in [0, 0.05) is 12.0 Å². The molecule has 0 spiro atoms. The van der Waals surface area contributed by atoms with Crippen molar-refractivity contribution in [2.75, 3.05) is 11.7 Å². The molecular weight excluding hydrogens is 528 g/mol. The Labute approximate surface area is 249 Å². The Bertz CT molecular complexity index is 1340. The summed E-state index contributed by atoms with van der Waals surface area (Å²) >= 11 is 0. The number of carboxylic acids is 1. The van der Waals surface area contributed by atoms with E-state index < -0.39 is 12.1 Å². The third-order valence-electron chi connectivity index (χ3n) is 7.50. The molecule has 4 rings (SSSR count). The van der Waals surface area contributed by atoms with Crippen molar-refractivity contribution in [3.8, 4) is 5.75 Å². The van der Waals surface area contributed by atoms with Crippen LogP contribution < -0.4 is 15.2 Å². The minimum absolute atomic E-state index is 0.118. The number of benzene rings is 3. The molecule has 7 heteroatoms. The first-order valence-corrected chi connectivity index (χ1v) is 14.7. The highest BCUT2D eigenvalue weighted by molar-refractivity contribution is 5.73. The summed E-state index contributed by atoms with van der Waals surface area (Å²) in [6.45, 7) is 7.32. The van der Waals surface area contributed by atoms with Crippen molar-refractivity contribution in [3.05, 3.63) is 101 Å². The number of nitrogens with zero attached hydrogens (tertiary/aromatic N) is 1. The number of unbranched alkanes of at least 4 members (excludes halogenated alkanes) is 1. The minimum Gasteiger partial charge on any atom is -0.488 e. The zero-order chi connectivity index (χ0) is 30.0. The molecule has 42 heavy (non-hydrogen) atoms. The quantitative estimate of drug-likeness (QED) is 0.192. The topological polar surface area (TPSA) is 88.1 Å². The average Bonchev–Trinajstić information content (AvgIpc) is 3.41. The maximum atomic E-state index is 11.3. The largest absolute Gasteiger partial charge is 0.488 e. The number of carboxylic acid groups (broad SMARTS) is 1. The van der Waals surface area contributed by atoms with E-state index in [0.29, 0.717) is 18.9 Å². The van der Waals surface area contributed by atoms with Gasteiger partial charge in [0.15, 0.2) is 6.73 Å². The number of amides is 1. The summed E-state index contributed by atoms with van der Waals surface area (Å²) in [5, 5.41) is 10.7. The zero-order valence-electron chi connectivity index (χ0n) is 24.8. The highest BCUT2D eigenvalue weighted by Gasteiger charge is 2.19. The van der Waals surface area contributed by atoms with Gasteiger partial charge in [0.05, 0.1) is 5.69 Å². The van der Waals surface area contributed by atoms with Crippen LogP contribution in [0.25, 0.3) is 6.08 Å². The second-order valence-corrected chi connectivity index (χ2v) is 11.8. The SMILES string of the molecule is CC(C)(C)c1ccc(COc2ccccc2/C=C/C(CCCCC(=O)O)CCc2ccc(N3COC(=O)N3)cc2)cc1. The molecule has 1 aliphatic heterocycles. The van der Waals surface area contributed by atoms with Crippen LogP contribution in [0.1, 0.15) is 75.1 Å². The van der Waals surface area contributed by atoms with Gasteiger partial charge in [-0.15, -0.1) is 0 Å². The molecule has 3 aromatic rings. The van der Waals surface area contributed by atoms with Crippen LogP contribution in [0.2, 0.25) is 0 Å². The van der Waals surface area contributed by atoms with E-state index in [2.05, 4.69) is 80.8 Å². The highest BCUT2D eigenvalue weighted by Crippen LogP contribution is 2.26. The molecule has 1 heterocycles. The molecule has 7 nitrogen and oxygen atoms in total. The van der Waals surface area contributed by atoms with Gasteiger partial charge in [-0.25, -0.2) is 15.2 Å². The Morgan fingerprint density at radius 2 is 1.71 bits per heavy atom. The number of anilines is 1. The van der Waals surface area contributed by atoms with Crippen LogP contribution in [-0.2, 0) is 28.0 Å². The number of carbonyl (C=O) groups is 2. The number of ether oxygens (including phenoxy) is 2. The van der Waals surface area contributed by atoms with Crippen molar-refractivity contribution in [1.29, 1.82) is 0 Å². The van der Waals surface area contributed by atoms with Crippen LogP contribution in [0.3, 0.4) is 0 Å². The standard InChI is InChI=1S/C35H42N2O5/c1-35(2,3)30-20-15-28(16-21-30)24-41-32-10-6-5-9-29(32)19-14-26(8-4-7-11-33(38)39)12-13-27-17-22-31(23-18-27)37-25-42-34(40)36-37/h5-6,9-10,14-23,26H,4,7-8,11-13,24-25H2,1-3H3,(H,36,40)(H,38,39)/b19-14+. The molecule has 0 radical (unpaired) electrons. The summed E-state index contributed by atoms with van der Waals surface area (Å²) < 4.78 is 11.2. The van der Waals surface area contributed by atoms with Crippen molar-refractivity contribution in [2.24, 2.45) is 5.92 Å². The molecule has 1 fully saturated rings. The number of nitrogens with one attached hydrogen (secondary N) is 1. The van der Waals surface area contributed by atoms with E-state index in [-0.39, 0.29) is 18.6 Å². The second kappa shape index (κ2) is 14.6. The Kier molecular flexibility index (Phi) is 10.7. The van der Waals surface area contributed by atoms with E-state index in [4.69, 9.17) is 14.6 Å². The zero-order valence-corrected chi connectivity index (χ0v) is 24.8. The van der Waals surface area contributed by atoms with Crippen LogP contribution in [0.5, 0.6) is 5.75 Å². The van der Waals surface area contributed by atoms with Crippen LogP contribution in [-0.4, -0.2) is 23.9 Å². The van der Waals surface area contributed by atoms with Gasteiger partial charge in [-0.3, -0.25) is 4.79 Å². The van der Waals surface area contributed by atoms with Crippen molar-refractivity contribution in [1.82, 2.24) is 5.43 Å². The molecule has 0 saturated carbocycles. The molecule has 0 aromatic heterocycles. The van der Waals surface area contributed by atoms with E-state index in [1.807, 2.05) is 30.3 Å². The maximum Gasteiger partial charge on any atom is 0.428 e. The maximum absolute atomic E-state index is 11.3. The van der Waals surface area contributed by atoms with Gasteiger partial charge in [-0.2, -0.15) is 0 Å². The first-order valence-electron chi connectivity index (χ1n) is 14.7. The van der Waals surface area contributed by atoms with Gasteiger partial charge in [0.25, 0.3) is 0 Å². The monoisotopic (exact) mass is 570 g/mol. The normalized spacial score (nSPS) is 14.1. The molecule has 0 bridgehead atoms. The highest BCUT2D eigenvalue weighted by atomic mass is 16.6. The lowest BCUT2D eigenvalue weighted by Gasteiger charge is -2.19. The number of aryl methyl sites for hydroxylation is 1. The third-order valence-corrected chi connectivity index (χ3v) is 7.50. The smallest absolute Gasteiger partial charge is 0.428 e. The summed E-state index contributed by atoms with van der Waals surface area (Å²) in [6.07, 6.45) is 8.41. The Hall–Kier alpha value is -4.26. The molecule has 1 aliphatic rings. The van der Waals surface area contributed by atoms with Crippen molar-refractivity contribution < 1.29 is 24.2 Å². The number of carbonyl (C=O) groups excluding carboxylic acids is 1. The number of cyclic esters (lactones) is 1. The number of allylic oxidation sites excluding steroid dienone is 1. The summed E-state index contributed by atoms with van der Waals surface area (Å²) in [5.74, 6) is 0.385. The number of hydrogen-bond acceptors (Lipinski definition) is 5. The molecule has 222 valence electrons. The van der Waals surface area contributed by atoms with E-state index >= 15 is 0 Å². The Balaban J connectivity index is 1.38. The summed E-state index contributed by atoms with van der Waals surface area (Å²) in [7, 11) is 0. The number of para-hydroxylation sites is 1. The van der Waals surface area contributed by atoms with Crippen molar-refractivity contribution >= 4 is 23.8 Å². The lowest BCUT2D eigenvalue weighted by atomic mass is 9.87.